The molecule has 17 heavy (non-hydrogen) atoms. The van der Waals surface area contributed by atoms with Gasteiger partial charge in [0.25, 0.3) is 0 Å². The summed E-state index contributed by atoms with van der Waals surface area (Å²) in [7, 11) is 0. The van der Waals surface area contributed by atoms with Crippen LogP contribution in [0.5, 0.6) is 0 Å². The quantitative estimate of drug-likeness (QED) is 0.880. The highest BCUT2D eigenvalue weighted by atomic mass is 79.9. The van der Waals surface area contributed by atoms with Gasteiger partial charge in [-0.25, -0.2) is 4.79 Å². The van der Waals surface area contributed by atoms with Crippen molar-refractivity contribution in [2.45, 2.75) is 25.3 Å². The SMILES string of the molecule is N#Cc1cc(Br)ccc1NC(=O)NC1CCC1. The van der Waals surface area contributed by atoms with Gasteiger partial charge in [-0.05, 0) is 37.5 Å². The predicted octanol–water partition coefficient (Wildman–Crippen LogP) is 2.99. The molecule has 0 spiro atoms. The van der Waals surface area contributed by atoms with Gasteiger partial charge in [0, 0.05) is 10.5 Å². The van der Waals surface area contributed by atoms with Gasteiger partial charge < -0.3 is 10.6 Å². The molecule has 0 aromatic heterocycles. The third-order valence-electron chi connectivity index (χ3n) is 2.79. The van der Waals surface area contributed by atoms with Gasteiger partial charge in [0.15, 0.2) is 0 Å². The van der Waals surface area contributed by atoms with Crippen LogP contribution in [-0.4, -0.2) is 12.1 Å². The van der Waals surface area contributed by atoms with Crippen molar-refractivity contribution in [1.29, 1.82) is 5.26 Å². The van der Waals surface area contributed by atoms with E-state index in [4.69, 9.17) is 5.26 Å². The van der Waals surface area contributed by atoms with Crippen LogP contribution in [0.1, 0.15) is 24.8 Å². The molecule has 0 aliphatic heterocycles. The molecule has 1 aliphatic carbocycles. The summed E-state index contributed by atoms with van der Waals surface area (Å²) in [6.45, 7) is 0. The second-order valence-corrected chi connectivity index (χ2v) is 4.94. The van der Waals surface area contributed by atoms with Crippen molar-refractivity contribution in [3.8, 4) is 6.07 Å². The summed E-state index contributed by atoms with van der Waals surface area (Å²) in [6.07, 6.45) is 3.25. The lowest BCUT2D eigenvalue weighted by atomic mass is 9.93. The first kappa shape index (κ1) is 11.9. The highest BCUT2D eigenvalue weighted by molar-refractivity contribution is 9.10. The van der Waals surface area contributed by atoms with Gasteiger partial charge in [-0.1, -0.05) is 15.9 Å². The first-order valence-corrected chi connectivity index (χ1v) is 6.25. The van der Waals surface area contributed by atoms with Gasteiger partial charge in [0.05, 0.1) is 11.3 Å². The molecule has 1 fully saturated rings. The zero-order valence-electron chi connectivity index (χ0n) is 9.16. The van der Waals surface area contributed by atoms with Crippen LogP contribution in [0.2, 0.25) is 0 Å². The number of nitrogens with zero attached hydrogens (tertiary/aromatic N) is 1. The Labute approximate surface area is 108 Å². The number of carbonyl (C=O) groups excluding carboxylic acids is 1. The minimum atomic E-state index is -0.242. The molecule has 4 nitrogen and oxygen atoms in total. The van der Waals surface area contributed by atoms with Crippen molar-refractivity contribution in [3.05, 3.63) is 28.2 Å². The molecule has 2 rings (SSSR count). The Bertz CT molecular complexity index is 477. The lowest BCUT2D eigenvalue weighted by Crippen LogP contribution is -2.41. The van der Waals surface area contributed by atoms with Crippen molar-refractivity contribution in [1.82, 2.24) is 5.32 Å². The molecule has 0 radical (unpaired) electrons. The molecule has 88 valence electrons. The third-order valence-corrected chi connectivity index (χ3v) is 3.28. The normalized spacial score (nSPS) is 14.6. The molecule has 1 aromatic rings. The average Bonchev–Trinajstić information content (AvgIpc) is 2.26. The molecule has 1 aromatic carbocycles. The fourth-order valence-corrected chi connectivity index (χ4v) is 1.98. The number of anilines is 1. The first-order valence-electron chi connectivity index (χ1n) is 5.46. The Morgan fingerprint density at radius 1 is 1.47 bits per heavy atom. The van der Waals surface area contributed by atoms with Crippen molar-refractivity contribution in [2.75, 3.05) is 5.32 Å². The number of nitrogens with one attached hydrogen (secondary N) is 2. The molecule has 1 aliphatic rings. The van der Waals surface area contributed by atoms with E-state index in [9.17, 15) is 4.79 Å². The van der Waals surface area contributed by atoms with E-state index >= 15 is 0 Å². The van der Waals surface area contributed by atoms with E-state index in [1.165, 1.54) is 6.42 Å². The summed E-state index contributed by atoms with van der Waals surface area (Å²) in [5, 5.41) is 14.5. The monoisotopic (exact) mass is 293 g/mol. The Morgan fingerprint density at radius 3 is 2.82 bits per heavy atom. The Morgan fingerprint density at radius 2 is 2.24 bits per heavy atom. The van der Waals surface area contributed by atoms with Crippen molar-refractivity contribution in [3.63, 3.8) is 0 Å². The number of carbonyl (C=O) groups is 1. The molecule has 5 heteroatoms. The first-order chi connectivity index (χ1) is 8.19. The second-order valence-electron chi connectivity index (χ2n) is 4.03. The number of amides is 2. The summed E-state index contributed by atoms with van der Waals surface area (Å²) < 4.78 is 0.819. The number of nitriles is 1. The van der Waals surface area contributed by atoms with Crippen LogP contribution in [0.4, 0.5) is 10.5 Å². The van der Waals surface area contributed by atoms with Crippen molar-refractivity contribution in [2.24, 2.45) is 0 Å². The van der Waals surface area contributed by atoms with Crippen LogP contribution in [0.25, 0.3) is 0 Å². The topological polar surface area (TPSA) is 64.9 Å². The fraction of sp³-hybridized carbons (Fsp3) is 0.333. The second kappa shape index (κ2) is 5.19. The number of rotatable bonds is 2. The largest absolute Gasteiger partial charge is 0.335 e. The van der Waals surface area contributed by atoms with Gasteiger partial charge in [-0.3, -0.25) is 0 Å². The molecule has 0 bridgehead atoms. The van der Waals surface area contributed by atoms with Crippen molar-refractivity contribution >= 4 is 27.6 Å². The minimum absolute atomic E-state index is 0.242. The Hall–Kier alpha value is -1.54. The lowest BCUT2D eigenvalue weighted by Gasteiger charge is -2.26. The molecule has 0 heterocycles. The van der Waals surface area contributed by atoms with E-state index in [-0.39, 0.29) is 12.1 Å². The molecule has 0 atom stereocenters. The zero-order chi connectivity index (χ0) is 12.3. The molecular weight excluding hydrogens is 282 g/mol. The fourth-order valence-electron chi connectivity index (χ4n) is 1.61. The van der Waals surface area contributed by atoms with Gasteiger partial charge in [0.2, 0.25) is 0 Å². The average molecular weight is 294 g/mol. The molecule has 0 saturated heterocycles. The summed E-state index contributed by atoms with van der Waals surface area (Å²) in [6, 6.07) is 7.28. The number of hydrogen-bond acceptors (Lipinski definition) is 2. The van der Waals surface area contributed by atoms with Gasteiger partial charge in [-0.2, -0.15) is 5.26 Å². The number of halogens is 1. The molecule has 2 amide bonds. The van der Waals surface area contributed by atoms with Crippen LogP contribution in [-0.2, 0) is 0 Å². The Balaban J connectivity index is 2.02. The third kappa shape index (κ3) is 2.98. The summed E-state index contributed by atoms with van der Waals surface area (Å²) in [5.74, 6) is 0. The van der Waals surface area contributed by atoms with Crippen LogP contribution in [0.15, 0.2) is 22.7 Å². The number of benzene rings is 1. The maximum absolute atomic E-state index is 11.6. The van der Waals surface area contributed by atoms with Crippen LogP contribution in [0.3, 0.4) is 0 Å². The number of urea groups is 1. The standard InChI is InChI=1S/C12H12BrN3O/c13-9-4-5-11(8(6-9)7-14)16-12(17)15-10-2-1-3-10/h4-6,10H,1-3H2,(H2,15,16,17). The zero-order valence-corrected chi connectivity index (χ0v) is 10.8. The van der Waals surface area contributed by atoms with Gasteiger partial charge in [0.1, 0.15) is 6.07 Å². The summed E-state index contributed by atoms with van der Waals surface area (Å²) in [4.78, 5) is 11.6. The van der Waals surface area contributed by atoms with E-state index in [1.807, 2.05) is 0 Å². The van der Waals surface area contributed by atoms with E-state index < -0.39 is 0 Å². The predicted molar refractivity (Wildman–Crippen MR) is 68.7 cm³/mol. The van der Waals surface area contributed by atoms with E-state index in [2.05, 4.69) is 32.6 Å². The molecular formula is C12H12BrN3O. The van der Waals surface area contributed by atoms with Crippen LogP contribution >= 0.6 is 15.9 Å². The Kier molecular flexibility index (Phi) is 3.64. The lowest BCUT2D eigenvalue weighted by molar-refractivity contribution is 0.240. The van der Waals surface area contributed by atoms with Crippen LogP contribution in [0, 0.1) is 11.3 Å². The van der Waals surface area contributed by atoms with E-state index in [0.717, 1.165) is 17.3 Å². The minimum Gasteiger partial charge on any atom is -0.335 e. The van der Waals surface area contributed by atoms with Gasteiger partial charge in [-0.15, -0.1) is 0 Å². The van der Waals surface area contributed by atoms with E-state index in [1.54, 1.807) is 18.2 Å². The van der Waals surface area contributed by atoms with Crippen molar-refractivity contribution < 1.29 is 4.79 Å². The summed E-state index contributed by atoms with van der Waals surface area (Å²) in [5.41, 5.74) is 0.982. The smallest absolute Gasteiger partial charge is 0.319 e. The molecule has 2 N–H and O–H groups in total. The molecule has 0 unspecified atom stereocenters. The maximum atomic E-state index is 11.6. The van der Waals surface area contributed by atoms with E-state index in [0.29, 0.717) is 11.3 Å². The van der Waals surface area contributed by atoms with Crippen LogP contribution < -0.4 is 10.6 Å². The maximum Gasteiger partial charge on any atom is 0.319 e. The highest BCUT2D eigenvalue weighted by Gasteiger charge is 2.19. The number of hydrogen-bond donors (Lipinski definition) is 2. The van der Waals surface area contributed by atoms with Gasteiger partial charge >= 0.3 is 6.03 Å². The highest BCUT2D eigenvalue weighted by Crippen LogP contribution is 2.21. The summed E-state index contributed by atoms with van der Waals surface area (Å²) >= 11 is 3.28. The molecule has 1 saturated carbocycles.